The number of fused-ring (bicyclic) bond motifs is 5. The summed E-state index contributed by atoms with van der Waals surface area (Å²) in [6.07, 6.45) is 0.186. The summed E-state index contributed by atoms with van der Waals surface area (Å²) in [6.45, 7) is 4.96. The van der Waals surface area contributed by atoms with Crippen LogP contribution in [0.1, 0.15) is 46.5 Å². The van der Waals surface area contributed by atoms with Crippen molar-refractivity contribution in [3.05, 3.63) is 23.8 Å². The van der Waals surface area contributed by atoms with Crippen molar-refractivity contribution >= 4 is 11.8 Å². The third-order valence-electron chi connectivity index (χ3n) is 8.85. The molecule has 4 aliphatic rings. The first-order chi connectivity index (χ1) is 13.3. The van der Waals surface area contributed by atoms with Crippen molar-refractivity contribution in [3.63, 3.8) is 0 Å². The minimum absolute atomic E-state index is 0.0539. The van der Waals surface area contributed by atoms with E-state index in [9.17, 15) is 24.9 Å². The van der Waals surface area contributed by atoms with Gasteiger partial charge in [0, 0.05) is 16.7 Å². The van der Waals surface area contributed by atoms with Gasteiger partial charge in [-0.25, -0.2) is 8.78 Å². The molecule has 4 rings (SSSR count). The average molecular weight is 410 g/mol. The van der Waals surface area contributed by atoms with Gasteiger partial charge in [-0.1, -0.05) is 19.9 Å². The molecule has 3 fully saturated rings. The predicted octanol–water partition coefficient (Wildman–Crippen LogP) is 2.76. The maximum absolute atomic E-state index is 16.9. The van der Waals surface area contributed by atoms with E-state index in [-0.39, 0.29) is 18.4 Å². The largest absolute Gasteiger partial charge is 0.481 e. The lowest BCUT2D eigenvalue weighted by atomic mass is 9.44. The van der Waals surface area contributed by atoms with Gasteiger partial charge in [-0.05, 0) is 55.7 Å². The molecule has 0 aromatic rings. The minimum Gasteiger partial charge on any atom is -0.481 e. The van der Waals surface area contributed by atoms with Crippen molar-refractivity contribution in [1.82, 2.24) is 0 Å². The number of carbonyl (C=O) groups excluding carboxylic acids is 1. The van der Waals surface area contributed by atoms with Crippen molar-refractivity contribution in [2.45, 2.75) is 70.0 Å². The molecule has 3 N–H and O–H groups in total. The molecule has 0 aromatic heterocycles. The van der Waals surface area contributed by atoms with Gasteiger partial charge >= 0.3 is 5.97 Å². The average Bonchev–Trinajstić information content (AvgIpc) is 2.79. The molecule has 5 nitrogen and oxygen atoms in total. The van der Waals surface area contributed by atoms with Crippen LogP contribution in [-0.2, 0) is 9.59 Å². The van der Waals surface area contributed by atoms with E-state index in [0.29, 0.717) is 6.42 Å². The molecule has 0 radical (unpaired) electrons. The Labute approximate surface area is 168 Å². The molecule has 0 saturated heterocycles. The van der Waals surface area contributed by atoms with Crippen molar-refractivity contribution < 1.29 is 33.7 Å². The van der Waals surface area contributed by atoms with E-state index in [2.05, 4.69) is 0 Å². The lowest BCUT2D eigenvalue weighted by Gasteiger charge is -2.63. The topological polar surface area (TPSA) is 94.8 Å². The molecule has 0 unspecified atom stereocenters. The zero-order valence-corrected chi connectivity index (χ0v) is 16.9. The van der Waals surface area contributed by atoms with Gasteiger partial charge in [0.2, 0.25) is 0 Å². The Kier molecular flexibility index (Phi) is 4.26. The number of aliphatic carboxylic acids is 1. The van der Waals surface area contributed by atoms with Crippen LogP contribution in [0.4, 0.5) is 8.78 Å². The fourth-order valence-corrected chi connectivity index (χ4v) is 7.23. The first-order valence-corrected chi connectivity index (χ1v) is 10.2. The van der Waals surface area contributed by atoms with Crippen LogP contribution < -0.4 is 0 Å². The van der Waals surface area contributed by atoms with E-state index in [1.807, 2.05) is 0 Å². The Balaban J connectivity index is 1.85. The molecule has 0 spiro atoms. The van der Waals surface area contributed by atoms with E-state index < -0.39 is 70.3 Å². The van der Waals surface area contributed by atoms with Crippen LogP contribution in [0.3, 0.4) is 0 Å². The summed E-state index contributed by atoms with van der Waals surface area (Å²) in [6, 6.07) is 0. The molecule has 9 atom stereocenters. The van der Waals surface area contributed by atoms with Gasteiger partial charge in [0.1, 0.15) is 6.17 Å². The highest BCUT2D eigenvalue weighted by molar-refractivity contribution is 6.01. The van der Waals surface area contributed by atoms with Crippen LogP contribution in [0.15, 0.2) is 23.8 Å². The summed E-state index contributed by atoms with van der Waals surface area (Å²) in [4.78, 5) is 23.3. The summed E-state index contributed by atoms with van der Waals surface area (Å²) in [7, 11) is 0. The van der Waals surface area contributed by atoms with Crippen molar-refractivity contribution in [2.24, 2.45) is 28.6 Å². The quantitative estimate of drug-likeness (QED) is 0.651. The van der Waals surface area contributed by atoms with Gasteiger partial charge in [-0.15, -0.1) is 0 Å². The predicted molar refractivity (Wildman–Crippen MR) is 100 cm³/mol. The molecule has 0 amide bonds. The summed E-state index contributed by atoms with van der Waals surface area (Å²) in [5.41, 5.74) is -6.31. The van der Waals surface area contributed by atoms with Crippen LogP contribution in [0.2, 0.25) is 0 Å². The van der Waals surface area contributed by atoms with Crippen LogP contribution >= 0.6 is 0 Å². The van der Waals surface area contributed by atoms with Gasteiger partial charge in [-0.3, -0.25) is 9.59 Å². The number of halogens is 2. The minimum atomic E-state index is -2.21. The zero-order valence-electron chi connectivity index (χ0n) is 16.9. The lowest BCUT2D eigenvalue weighted by Crippen LogP contribution is -2.69. The van der Waals surface area contributed by atoms with Crippen LogP contribution in [0, 0.1) is 28.6 Å². The number of allylic oxidation sites excluding steroid dienone is 4. The number of alkyl halides is 2. The van der Waals surface area contributed by atoms with Crippen molar-refractivity contribution in [2.75, 3.05) is 0 Å². The highest BCUT2D eigenvalue weighted by Gasteiger charge is 2.75. The smallest absolute Gasteiger partial charge is 0.306 e. The Morgan fingerprint density at radius 1 is 1.28 bits per heavy atom. The molecule has 29 heavy (non-hydrogen) atoms. The number of ketones is 1. The Morgan fingerprint density at radius 2 is 1.93 bits per heavy atom. The lowest BCUT2D eigenvalue weighted by molar-refractivity contribution is -0.226. The van der Waals surface area contributed by atoms with E-state index in [0.717, 1.165) is 6.08 Å². The Bertz CT molecular complexity index is 839. The second-order valence-corrected chi connectivity index (χ2v) is 9.99. The molecule has 4 aliphatic carbocycles. The molecule has 3 saturated carbocycles. The van der Waals surface area contributed by atoms with Gasteiger partial charge in [0.05, 0.1) is 18.1 Å². The molecule has 0 heterocycles. The summed E-state index contributed by atoms with van der Waals surface area (Å²) < 4.78 is 32.1. The summed E-state index contributed by atoms with van der Waals surface area (Å²) in [5.74, 6) is -3.39. The zero-order chi connectivity index (χ0) is 21.6. The van der Waals surface area contributed by atoms with Gasteiger partial charge < -0.3 is 15.3 Å². The third kappa shape index (κ3) is 2.31. The highest BCUT2D eigenvalue weighted by atomic mass is 19.1. The first kappa shape index (κ1) is 20.7. The first-order valence-electron chi connectivity index (χ1n) is 10.2. The Hall–Kier alpha value is -1.60. The van der Waals surface area contributed by atoms with Crippen LogP contribution in [0.25, 0.3) is 0 Å². The monoisotopic (exact) mass is 410 g/mol. The molecular formula is C22H28F2O5. The van der Waals surface area contributed by atoms with Crippen molar-refractivity contribution in [1.29, 1.82) is 0 Å². The molecule has 0 aliphatic heterocycles. The number of hydrogen-bond donors (Lipinski definition) is 3. The van der Waals surface area contributed by atoms with Crippen LogP contribution in [0.5, 0.6) is 0 Å². The fourth-order valence-electron chi connectivity index (χ4n) is 7.23. The van der Waals surface area contributed by atoms with E-state index in [4.69, 9.17) is 0 Å². The fraction of sp³-hybridized carbons (Fsp3) is 0.727. The molecule has 7 heteroatoms. The van der Waals surface area contributed by atoms with Gasteiger partial charge in [0.25, 0.3) is 0 Å². The number of carboxylic acid groups (broad SMARTS) is 1. The second-order valence-electron chi connectivity index (χ2n) is 9.99. The number of aliphatic hydroxyl groups excluding tert-OH is 1. The van der Waals surface area contributed by atoms with E-state index >= 15 is 8.78 Å². The third-order valence-corrected chi connectivity index (χ3v) is 8.85. The highest BCUT2D eigenvalue weighted by Crippen LogP contribution is 2.71. The van der Waals surface area contributed by atoms with Crippen LogP contribution in [-0.4, -0.2) is 50.6 Å². The van der Waals surface area contributed by atoms with Gasteiger partial charge in [0.15, 0.2) is 11.5 Å². The molecule has 0 bridgehead atoms. The maximum atomic E-state index is 16.9. The number of carboxylic acids is 1. The Morgan fingerprint density at radius 3 is 2.55 bits per heavy atom. The summed E-state index contributed by atoms with van der Waals surface area (Å²) >= 11 is 0. The molecular weight excluding hydrogens is 382 g/mol. The number of carbonyl (C=O) groups is 2. The molecule has 0 aromatic carbocycles. The SMILES string of the molecule is C[C@H]1C[C@H]2[C@@H]3C[C@H](F)C4=CC(=O)C=C[C@]4(C)[C@@]3(F)[C@@H](O)C[C@]2(C)[C@@]1(O)CC(=O)O. The van der Waals surface area contributed by atoms with Gasteiger partial charge in [-0.2, -0.15) is 0 Å². The molecule has 160 valence electrons. The number of rotatable bonds is 2. The normalized spacial score (nSPS) is 53.7. The summed E-state index contributed by atoms with van der Waals surface area (Å²) in [5, 5.41) is 31.8. The number of aliphatic hydroxyl groups is 2. The second kappa shape index (κ2) is 5.97. The van der Waals surface area contributed by atoms with Crippen molar-refractivity contribution in [3.8, 4) is 0 Å². The maximum Gasteiger partial charge on any atom is 0.306 e. The van der Waals surface area contributed by atoms with E-state index in [1.165, 1.54) is 19.1 Å². The van der Waals surface area contributed by atoms with E-state index in [1.54, 1.807) is 13.8 Å². The standard InChI is InChI=1S/C22H28F2O5/c1-11-6-13-14-8-16(23)15-7-12(25)4-5-19(15,2)22(14,24)17(26)9-20(13,3)21(11,29)10-18(27)28/h4-5,7,11,13-14,16-17,26,29H,6,8-10H2,1-3H3,(H,27,28)/t11-,13-,14-,16-,17-,19-,20-,21+,22-/m0/s1. The number of hydrogen-bond acceptors (Lipinski definition) is 4.